The molecule has 1 aliphatic rings. The van der Waals surface area contributed by atoms with Crippen LogP contribution in [0.3, 0.4) is 0 Å². The molecule has 1 fully saturated rings. The van der Waals surface area contributed by atoms with E-state index in [1.807, 2.05) is 42.5 Å². The highest BCUT2D eigenvalue weighted by molar-refractivity contribution is 6.04. The molecule has 0 bridgehead atoms. The Kier molecular flexibility index (Phi) is 5.44. The van der Waals surface area contributed by atoms with Gasteiger partial charge in [0.05, 0.1) is 23.2 Å². The Morgan fingerprint density at radius 1 is 1.03 bits per heavy atom. The van der Waals surface area contributed by atoms with Crippen molar-refractivity contribution in [1.82, 2.24) is 0 Å². The standard InChI is InChI=1S/C24H19N3O3/c25-15-17-7-6-8-19(13-17)27-16-18(14-23(27)28)24(29)26-21-11-4-5-12-22(21)30-20-9-2-1-3-10-20/h1-13,18H,14,16H2,(H,26,29). The number of benzene rings is 3. The monoisotopic (exact) mass is 397 g/mol. The second kappa shape index (κ2) is 8.50. The molecule has 1 aliphatic heterocycles. The summed E-state index contributed by atoms with van der Waals surface area (Å²) in [6.07, 6.45) is 0.115. The van der Waals surface area contributed by atoms with Crippen molar-refractivity contribution < 1.29 is 14.3 Å². The van der Waals surface area contributed by atoms with Gasteiger partial charge in [-0.1, -0.05) is 36.4 Å². The molecule has 0 spiro atoms. The van der Waals surface area contributed by atoms with Crippen LogP contribution in [0.4, 0.5) is 11.4 Å². The summed E-state index contributed by atoms with van der Waals surface area (Å²) in [5, 5.41) is 12.0. The molecule has 3 aromatic carbocycles. The molecule has 1 unspecified atom stereocenters. The number of para-hydroxylation sites is 3. The van der Waals surface area contributed by atoms with Gasteiger partial charge in [-0.15, -0.1) is 0 Å². The summed E-state index contributed by atoms with van der Waals surface area (Å²) < 4.78 is 5.89. The normalized spacial score (nSPS) is 15.5. The Morgan fingerprint density at radius 3 is 2.60 bits per heavy atom. The minimum atomic E-state index is -0.493. The maximum atomic E-state index is 12.9. The lowest BCUT2D eigenvalue weighted by Crippen LogP contribution is -2.28. The quantitative estimate of drug-likeness (QED) is 0.694. The van der Waals surface area contributed by atoms with Crippen molar-refractivity contribution in [3.63, 3.8) is 0 Å². The minimum absolute atomic E-state index is 0.115. The van der Waals surface area contributed by atoms with Gasteiger partial charge in [-0.3, -0.25) is 9.59 Å². The summed E-state index contributed by atoms with van der Waals surface area (Å²) in [6, 6.07) is 25.4. The lowest BCUT2D eigenvalue weighted by atomic mass is 10.1. The number of hydrogen-bond donors (Lipinski definition) is 1. The van der Waals surface area contributed by atoms with Gasteiger partial charge in [0, 0.05) is 18.7 Å². The maximum absolute atomic E-state index is 12.9. The van der Waals surface area contributed by atoms with E-state index in [9.17, 15) is 9.59 Å². The molecule has 3 aromatic rings. The summed E-state index contributed by atoms with van der Waals surface area (Å²) in [4.78, 5) is 26.9. The number of nitriles is 1. The molecule has 6 nitrogen and oxygen atoms in total. The van der Waals surface area contributed by atoms with Crippen molar-refractivity contribution in [3.05, 3.63) is 84.4 Å². The van der Waals surface area contributed by atoms with Gasteiger partial charge in [0.15, 0.2) is 5.75 Å². The van der Waals surface area contributed by atoms with Gasteiger partial charge >= 0.3 is 0 Å². The van der Waals surface area contributed by atoms with E-state index in [-0.39, 0.29) is 24.8 Å². The van der Waals surface area contributed by atoms with Crippen LogP contribution in [0.25, 0.3) is 0 Å². The van der Waals surface area contributed by atoms with E-state index in [0.717, 1.165) is 0 Å². The fraction of sp³-hybridized carbons (Fsp3) is 0.125. The lowest BCUT2D eigenvalue weighted by molar-refractivity contribution is -0.122. The Bertz CT molecular complexity index is 1120. The molecular formula is C24H19N3O3. The van der Waals surface area contributed by atoms with Gasteiger partial charge in [0.1, 0.15) is 5.75 Å². The second-order valence-corrected chi connectivity index (χ2v) is 6.97. The first kappa shape index (κ1) is 19.2. The van der Waals surface area contributed by atoms with Crippen molar-refractivity contribution in [2.45, 2.75) is 6.42 Å². The predicted molar refractivity (Wildman–Crippen MR) is 113 cm³/mol. The highest BCUT2D eigenvalue weighted by atomic mass is 16.5. The van der Waals surface area contributed by atoms with Gasteiger partial charge in [0.2, 0.25) is 11.8 Å². The zero-order valence-electron chi connectivity index (χ0n) is 16.1. The number of ether oxygens (including phenoxy) is 1. The van der Waals surface area contributed by atoms with Crippen LogP contribution in [-0.2, 0) is 9.59 Å². The zero-order valence-corrected chi connectivity index (χ0v) is 16.1. The molecule has 1 N–H and O–H groups in total. The summed E-state index contributed by atoms with van der Waals surface area (Å²) in [5.74, 6) is 0.317. The summed E-state index contributed by atoms with van der Waals surface area (Å²) in [7, 11) is 0. The Balaban J connectivity index is 1.47. The first-order valence-corrected chi connectivity index (χ1v) is 9.57. The van der Waals surface area contributed by atoms with Crippen LogP contribution in [0.15, 0.2) is 78.9 Å². The molecule has 0 saturated carbocycles. The first-order chi connectivity index (χ1) is 14.6. The van der Waals surface area contributed by atoms with Crippen molar-refractivity contribution in [1.29, 1.82) is 5.26 Å². The SMILES string of the molecule is N#Cc1cccc(N2CC(C(=O)Nc3ccccc3Oc3ccccc3)CC2=O)c1. The topological polar surface area (TPSA) is 82.4 Å². The molecule has 0 aliphatic carbocycles. The number of amides is 2. The van der Waals surface area contributed by atoms with Crippen LogP contribution in [-0.4, -0.2) is 18.4 Å². The zero-order chi connectivity index (χ0) is 20.9. The number of hydrogen-bond acceptors (Lipinski definition) is 4. The molecule has 148 valence electrons. The fourth-order valence-electron chi connectivity index (χ4n) is 3.39. The average Bonchev–Trinajstić information content (AvgIpc) is 3.18. The van der Waals surface area contributed by atoms with E-state index in [2.05, 4.69) is 11.4 Å². The molecule has 1 atom stereocenters. The van der Waals surface area contributed by atoms with Crippen molar-refractivity contribution in [2.24, 2.45) is 5.92 Å². The van der Waals surface area contributed by atoms with E-state index in [4.69, 9.17) is 10.00 Å². The third-order valence-electron chi connectivity index (χ3n) is 4.90. The van der Waals surface area contributed by atoms with Gasteiger partial charge in [0.25, 0.3) is 0 Å². The predicted octanol–water partition coefficient (Wildman–Crippen LogP) is 4.34. The van der Waals surface area contributed by atoms with Crippen LogP contribution < -0.4 is 15.0 Å². The van der Waals surface area contributed by atoms with Crippen LogP contribution in [0.2, 0.25) is 0 Å². The average molecular weight is 397 g/mol. The van der Waals surface area contributed by atoms with Crippen LogP contribution in [0.1, 0.15) is 12.0 Å². The molecule has 2 amide bonds. The molecule has 0 aromatic heterocycles. The largest absolute Gasteiger partial charge is 0.455 e. The van der Waals surface area contributed by atoms with E-state index < -0.39 is 5.92 Å². The highest BCUT2D eigenvalue weighted by Crippen LogP contribution is 2.31. The molecule has 0 radical (unpaired) electrons. The molecule has 6 heteroatoms. The molecule has 1 heterocycles. The first-order valence-electron chi connectivity index (χ1n) is 9.57. The highest BCUT2D eigenvalue weighted by Gasteiger charge is 2.35. The van der Waals surface area contributed by atoms with Gasteiger partial charge in [-0.05, 0) is 42.5 Å². The third-order valence-corrected chi connectivity index (χ3v) is 4.90. The number of carbonyl (C=O) groups is 2. The Morgan fingerprint density at radius 2 is 1.80 bits per heavy atom. The van der Waals surface area contributed by atoms with Crippen molar-refractivity contribution >= 4 is 23.2 Å². The van der Waals surface area contributed by atoms with Crippen LogP contribution in [0, 0.1) is 17.2 Å². The Hall–Kier alpha value is -4.11. The maximum Gasteiger partial charge on any atom is 0.229 e. The number of rotatable bonds is 5. The molecule has 1 saturated heterocycles. The minimum Gasteiger partial charge on any atom is -0.455 e. The van der Waals surface area contributed by atoms with E-state index in [1.54, 1.807) is 41.3 Å². The summed E-state index contributed by atoms with van der Waals surface area (Å²) in [5.41, 5.74) is 1.64. The van der Waals surface area contributed by atoms with Crippen molar-refractivity contribution in [2.75, 3.05) is 16.8 Å². The van der Waals surface area contributed by atoms with E-state index in [1.165, 1.54) is 0 Å². The van der Waals surface area contributed by atoms with E-state index in [0.29, 0.717) is 28.4 Å². The third kappa shape index (κ3) is 4.15. The fourth-order valence-corrected chi connectivity index (χ4v) is 3.39. The van der Waals surface area contributed by atoms with Crippen LogP contribution >= 0.6 is 0 Å². The molecule has 4 rings (SSSR count). The lowest BCUT2D eigenvalue weighted by Gasteiger charge is -2.17. The molecule has 30 heavy (non-hydrogen) atoms. The van der Waals surface area contributed by atoms with Gasteiger partial charge < -0.3 is 15.0 Å². The second-order valence-electron chi connectivity index (χ2n) is 6.97. The number of anilines is 2. The number of nitrogens with zero attached hydrogens (tertiary/aromatic N) is 2. The number of carbonyl (C=O) groups excluding carboxylic acids is 2. The summed E-state index contributed by atoms with van der Waals surface area (Å²) >= 11 is 0. The van der Waals surface area contributed by atoms with Gasteiger partial charge in [-0.25, -0.2) is 0 Å². The summed E-state index contributed by atoms with van der Waals surface area (Å²) in [6.45, 7) is 0.265. The van der Waals surface area contributed by atoms with Crippen molar-refractivity contribution in [3.8, 4) is 17.6 Å². The molecular weight excluding hydrogens is 378 g/mol. The number of nitrogens with one attached hydrogen (secondary N) is 1. The smallest absolute Gasteiger partial charge is 0.229 e. The van der Waals surface area contributed by atoms with Gasteiger partial charge in [-0.2, -0.15) is 5.26 Å². The van der Waals surface area contributed by atoms with Crippen LogP contribution in [0.5, 0.6) is 11.5 Å². The Labute approximate surface area is 174 Å². The van der Waals surface area contributed by atoms with E-state index >= 15 is 0 Å².